The minimum atomic E-state index is -1.22. The van der Waals surface area contributed by atoms with Crippen molar-refractivity contribution in [1.29, 1.82) is 0 Å². The predicted molar refractivity (Wildman–Crippen MR) is 123 cm³/mol. The molecule has 1 saturated heterocycles. The minimum absolute atomic E-state index is 0.0289. The number of amides is 3. The van der Waals surface area contributed by atoms with Crippen molar-refractivity contribution >= 4 is 17.7 Å². The lowest BCUT2D eigenvalue weighted by Crippen LogP contribution is -2.44. The van der Waals surface area contributed by atoms with Gasteiger partial charge in [-0.1, -0.05) is 24.3 Å². The first-order valence-electron chi connectivity index (χ1n) is 11.1. The Morgan fingerprint density at radius 1 is 1.24 bits per heavy atom. The number of nitrogens with one attached hydrogen (secondary N) is 1. The summed E-state index contributed by atoms with van der Waals surface area (Å²) in [4.78, 5) is 44.7. The number of ether oxygens (including phenoxy) is 2. The molecule has 0 aliphatic carbocycles. The molecular weight excluding hydrogens is 422 g/mol. The van der Waals surface area contributed by atoms with Gasteiger partial charge >= 0.3 is 0 Å². The van der Waals surface area contributed by atoms with E-state index >= 15 is 0 Å². The number of hydrogen-bond acceptors (Lipinski definition) is 6. The van der Waals surface area contributed by atoms with E-state index in [0.717, 1.165) is 5.56 Å². The van der Waals surface area contributed by atoms with Gasteiger partial charge in [0.2, 0.25) is 17.7 Å². The van der Waals surface area contributed by atoms with Crippen LogP contribution >= 0.6 is 0 Å². The number of aromatic nitrogens is 1. The Balaban J connectivity index is 1.74. The van der Waals surface area contributed by atoms with Gasteiger partial charge in [0.15, 0.2) is 0 Å². The Kier molecular flexibility index (Phi) is 8.16. The van der Waals surface area contributed by atoms with Gasteiger partial charge in [0.1, 0.15) is 11.9 Å². The predicted octanol–water partition coefficient (Wildman–Crippen LogP) is 2.40. The lowest BCUT2D eigenvalue weighted by atomic mass is 9.74. The van der Waals surface area contributed by atoms with E-state index in [2.05, 4.69) is 10.3 Å². The number of hydrogen-bond donors (Lipinski definition) is 1. The van der Waals surface area contributed by atoms with Crippen LogP contribution in [0.4, 0.5) is 0 Å². The van der Waals surface area contributed by atoms with E-state index in [0.29, 0.717) is 24.3 Å². The van der Waals surface area contributed by atoms with Gasteiger partial charge < -0.3 is 14.8 Å². The number of imide groups is 1. The highest BCUT2D eigenvalue weighted by Crippen LogP contribution is 2.41. The molecule has 176 valence electrons. The van der Waals surface area contributed by atoms with Crippen molar-refractivity contribution in [3.05, 3.63) is 59.9 Å². The smallest absolute Gasteiger partial charge is 0.240 e. The van der Waals surface area contributed by atoms with E-state index in [9.17, 15) is 14.4 Å². The minimum Gasteiger partial charge on any atom is -0.487 e. The van der Waals surface area contributed by atoms with Gasteiger partial charge in [0, 0.05) is 39.3 Å². The maximum Gasteiger partial charge on any atom is 0.240 e. The molecule has 1 fully saturated rings. The quantitative estimate of drug-likeness (QED) is 0.414. The molecule has 1 aromatic heterocycles. The Morgan fingerprint density at radius 2 is 2.03 bits per heavy atom. The Hall–Kier alpha value is -3.26. The first-order valence-corrected chi connectivity index (χ1v) is 11.1. The number of benzene rings is 1. The van der Waals surface area contributed by atoms with E-state index in [-0.39, 0.29) is 49.8 Å². The summed E-state index contributed by atoms with van der Waals surface area (Å²) in [5, 5.41) is 2.86. The highest BCUT2D eigenvalue weighted by atomic mass is 16.5. The van der Waals surface area contributed by atoms with Crippen LogP contribution < -0.4 is 10.1 Å². The standard InChI is InChI=1S/C25H31N3O5/c1-18-8-4-5-10-21(18)25(15-23(30)28(24(25)31)12-7-13-32-3)14-22(29)27-16-19(2)33-20-9-6-11-26-17-20/h4-6,8-11,17,19H,7,12-16H2,1-3H3,(H,27,29)/t19-,25+/m1/s1. The van der Waals surface area contributed by atoms with Crippen LogP contribution in [-0.4, -0.2) is 60.5 Å². The molecule has 0 saturated carbocycles. The van der Waals surface area contributed by atoms with Gasteiger partial charge in [0.25, 0.3) is 0 Å². The van der Waals surface area contributed by atoms with Crippen molar-refractivity contribution < 1.29 is 23.9 Å². The molecule has 1 N–H and O–H groups in total. The summed E-state index contributed by atoms with van der Waals surface area (Å²) in [6.07, 6.45) is 3.38. The second kappa shape index (κ2) is 11.0. The van der Waals surface area contributed by atoms with E-state index in [1.54, 1.807) is 31.6 Å². The van der Waals surface area contributed by atoms with Crippen molar-refractivity contribution in [1.82, 2.24) is 15.2 Å². The molecule has 8 heteroatoms. The molecule has 33 heavy (non-hydrogen) atoms. The Labute approximate surface area is 194 Å². The molecule has 0 spiro atoms. The van der Waals surface area contributed by atoms with Crippen LogP contribution in [0.5, 0.6) is 5.75 Å². The SMILES string of the molecule is COCCCN1C(=O)C[C@@](CC(=O)NC[C@@H](C)Oc2cccnc2)(c2ccccc2C)C1=O. The van der Waals surface area contributed by atoms with Crippen LogP contribution in [-0.2, 0) is 24.5 Å². The van der Waals surface area contributed by atoms with E-state index in [1.807, 2.05) is 38.1 Å². The topological polar surface area (TPSA) is 97.8 Å². The Bertz CT molecular complexity index is 981. The molecule has 3 amide bonds. The largest absolute Gasteiger partial charge is 0.487 e. The number of carbonyl (C=O) groups is 3. The molecular formula is C25H31N3O5. The summed E-state index contributed by atoms with van der Waals surface area (Å²) in [5.41, 5.74) is 0.374. The maximum absolute atomic E-state index is 13.6. The number of pyridine rings is 1. The summed E-state index contributed by atoms with van der Waals surface area (Å²) in [5.74, 6) is -0.285. The van der Waals surface area contributed by atoms with Crippen LogP contribution in [0.3, 0.4) is 0 Å². The summed E-state index contributed by atoms with van der Waals surface area (Å²) < 4.78 is 10.8. The molecule has 2 heterocycles. The number of aryl methyl sites for hydroxylation is 1. The zero-order valence-corrected chi connectivity index (χ0v) is 19.4. The van der Waals surface area contributed by atoms with Gasteiger partial charge in [-0.2, -0.15) is 0 Å². The number of methoxy groups -OCH3 is 1. The fourth-order valence-electron chi connectivity index (χ4n) is 4.23. The van der Waals surface area contributed by atoms with E-state index in [1.165, 1.54) is 4.90 Å². The van der Waals surface area contributed by atoms with Crippen molar-refractivity contribution in [2.75, 3.05) is 26.8 Å². The van der Waals surface area contributed by atoms with Crippen molar-refractivity contribution in [2.45, 2.75) is 44.6 Å². The number of nitrogens with zero attached hydrogens (tertiary/aromatic N) is 2. The van der Waals surface area contributed by atoms with E-state index in [4.69, 9.17) is 9.47 Å². The molecule has 2 aromatic rings. The first-order chi connectivity index (χ1) is 15.9. The highest BCUT2D eigenvalue weighted by Gasteiger charge is 2.53. The third kappa shape index (κ3) is 5.76. The van der Waals surface area contributed by atoms with Gasteiger partial charge in [-0.25, -0.2) is 0 Å². The molecule has 1 aromatic carbocycles. The van der Waals surface area contributed by atoms with E-state index < -0.39 is 5.41 Å². The lowest BCUT2D eigenvalue weighted by Gasteiger charge is -2.29. The van der Waals surface area contributed by atoms with Crippen molar-refractivity contribution in [2.24, 2.45) is 0 Å². The zero-order valence-electron chi connectivity index (χ0n) is 19.4. The number of rotatable bonds is 11. The zero-order chi connectivity index (χ0) is 23.8. The monoisotopic (exact) mass is 453 g/mol. The van der Waals surface area contributed by atoms with Gasteiger partial charge in [0.05, 0.1) is 18.2 Å². The fraction of sp³-hybridized carbons (Fsp3) is 0.440. The average molecular weight is 454 g/mol. The molecule has 3 rings (SSSR count). The third-order valence-electron chi connectivity index (χ3n) is 5.82. The first kappa shape index (κ1) is 24.4. The second-order valence-corrected chi connectivity index (χ2v) is 8.37. The number of carbonyl (C=O) groups excluding carboxylic acids is 3. The number of likely N-dealkylation sites (tertiary alicyclic amines) is 1. The molecule has 0 radical (unpaired) electrons. The molecule has 2 atom stereocenters. The molecule has 1 aliphatic heterocycles. The van der Waals surface area contributed by atoms with Gasteiger partial charge in [-0.15, -0.1) is 0 Å². The molecule has 1 aliphatic rings. The third-order valence-corrected chi connectivity index (χ3v) is 5.82. The Morgan fingerprint density at radius 3 is 2.73 bits per heavy atom. The maximum atomic E-state index is 13.6. The highest BCUT2D eigenvalue weighted by molar-refractivity contribution is 6.10. The fourth-order valence-corrected chi connectivity index (χ4v) is 4.23. The van der Waals surface area contributed by atoms with Crippen molar-refractivity contribution in [3.8, 4) is 5.75 Å². The van der Waals surface area contributed by atoms with Crippen molar-refractivity contribution in [3.63, 3.8) is 0 Å². The summed E-state index contributed by atoms with van der Waals surface area (Å²) >= 11 is 0. The second-order valence-electron chi connectivity index (χ2n) is 8.37. The summed E-state index contributed by atoms with van der Waals surface area (Å²) in [6, 6.07) is 11.0. The van der Waals surface area contributed by atoms with Gasteiger partial charge in [-0.05, 0) is 43.5 Å². The van der Waals surface area contributed by atoms with Gasteiger partial charge in [-0.3, -0.25) is 24.3 Å². The summed E-state index contributed by atoms with van der Waals surface area (Å²) in [7, 11) is 1.58. The van der Waals surface area contributed by atoms with Crippen LogP contribution in [0.2, 0.25) is 0 Å². The normalized spacial score (nSPS) is 18.9. The summed E-state index contributed by atoms with van der Waals surface area (Å²) in [6.45, 7) is 4.72. The molecule has 8 nitrogen and oxygen atoms in total. The van der Waals surface area contributed by atoms with Crippen LogP contribution in [0.15, 0.2) is 48.8 Å². The van der Waals surface area contributed by atoms with Crippen LogP contribution in [0, 0.1) is 6.92 Å². The molecule has 0 bridgehead atoms. The molecule has 0 unspecified atom stereocenters. The van der Waals surface area contributed by atoms with Crippen LogP contribution in [0.25, 0.3) is 0 Å². The average Bonchev–Trinajstić information content (AvgIpc) is 3.03. The van der Waals surface area contributed by atoms with Crippen LogP contribution in [0.1, 0.15) is 37.3 Å². The lowest BCUT2D eigenvalue weighted by molar-refractivity contribution is -0.141.